The lowest BCUT2D eigenvalue weighted by Crippen LogP contribution is -2.27. The zero-order valence-corrected chi connectivity index (χ0v) is 8.62. The molecule has 0 saturated heterocycles. The predicted molar refractivity (Wildman–Crippen MR) is 52.0 cm³/mol. The molecule has 0 unspecified atom stereocenters. The van der Waals surface area contributed by atoms with Crippen LogP contribution in [-0.4, -0.2) is 50.6 Å². The highest BCUT2D eigenvalue weighted by atomic mass is 16.6. The van der Waals surface area contributed by atoms with Crippen LogP contribution in [0, 0.1) is 0 Å². The van der Waals surface area contributed by atoms with E-state index in [0.717, 1.165) is 6.42 Å². The first-order valence-electron chi connectivity index (χ1n) is 4.86. The van der Waals surface area contributed by atoms with Gasteiger partial charge in [-0.05, 0) is 6.42 Å². The fourth-order valence-electron chi connectivity index (χ4n) is 0.781. The van der Waals surface area contributed by atoms with Gasteiger partial charge in [-0.2, -0.15) is 0 Å². The summed E-state index contributed by atoms with van der Waals surface area (Å²) < 4.78 is 9.95. The monoisotopic (exact) mass is 205 g/mol. The fraction of sp³-hybridized carbons (Fsp3) is 0.889. The molecule has 0 aliphatic carbocycles. The Hall–Kier alpha value is -0.650. The third-order valence-corrected chi connectivity index (χ3v) is 1.40. The SMILES string of the molecule is CCCOCCOC(=O)CNCCO. The number of rotatable bonds is 9. The van der Waals surface area contributed by atoms with E-state index in [1.54, 1.807) is 0 Å². The van der Waals surface area contributed by atoms with E-state index >= 15 is 0 Å². The number of hydrogen-bond donors (Lipinski definition) is 2. The second kappa shape index (κ2) is 10.4. The van der Waals surface area contributed by atoms with Crippen LogP contribution in [0.2, 0.25) is 0 Å². The highest BCUT2D eigenvalue weighted by Gasteiger charge is 2.00. The molecule has 0 heterocycles. The first-order chi connectivity index (χ1) is 6.81. The first-order valence-corrected chi connectivity index (χ1v) is 4.86. The minimum absolute atomic E-state index is 0.0207. The van der Waals surface area contributed by atoms with Gasteiger partial charge in [-0.1, -0.05) is 6.92 Å². The van der Waals surface area contributed by atoms with Gasteiger partial charge in [0.2, 0.25) is 0 Å². The summed E-state index contributed by atoms with van der Waals surface area (Å²) in [6.45, 7) is 4.01. The van der Waals surface area contributed by atoms with Crippen molar-refractivity contribution in [1.82, 2.24) is 5.32 Å². The van der Waals surface area contributed by atoms with E-state index in [1.807, 2.05) is 6.92 Å². The molecule has 0 rings (SSSR count). The summed E-state index contributed by atoms with van der Waals surface area (Å²) in [5.41, 5.74) is 0. The molecule has 0 atom stereocenters. The molecule has 0 saturated carbocycles. The van der Waals surface area contributed by atoms with Gasteiger partial charge in [-0.15, -0.1) is 0 Å². The Kier molecular flexibility index (Phi) is 9.95. The van der Waals surface area contributed by atoms with Crippen LogP contribution in [0.3, 0.4) is 0 Å². The molecule has 14 heavy (non-hydrogen) atoms. The third-order valence-electron chi connectivity index (χ3n) is 1.40. The molecule has 5 heteroatoms. The summed E-state index contributed by atoms with van der Waals surface area (Å²) in [5, 5.41) is 11.1. The van der Waals surface area contributed by atoms with Crippen LogP contribution in [-0.2, 0) is 14.3 Å². The fourth-order valence-corrected chi connectivity index (χ4v) is 0.781. The molecule has 0 aromatic heterocycles. The van der Waals surface area contributed by atoms with Crippen LogP contribution >= 0.6 is 0 Å². The topological polar surface area (TPSA) is 67.8 Å². The summed E-state index contributed by atoms with van der Waals surface area (Å²) in [4.78, 5) is 10.9. The van der Waals surface area contributed by atoms with Gasteiger partial charge in [0.15, 0.2) is 0 Å². The molecule has 84 valence electrons. The third kappa shape index (κ3) is 9.44. The molecular formula is C9H19NO4. The molecule has 2 N–H and O–H groups in total. The summed E-state index contributed by atoms with van der Waals surface area (Å²) >= 11 is 0. The number of hydrogen-bond acceptors (Lipinski definition) is 5. The van der Waals surface area contributed by atoms with Crippen LogP contribution in [0.15, 0.2) is 0 Å². The Bertz CT molecular complexity index is 141. The maximum atomic E-state index is 10.9. The molecule has 0 amide bonds. The maximum Gasteiger partial charge on any atom is 0.320 e. The van der Waals surface area contributed by atoms with Crippen LogP contribution in [0.25, 0.3) is 0 Å². The standard InChI is InChI=1S/C9H19NO4/c1-2-5-13-6-7-14-9(12)8-10-3-4-11/h10-11H,2-8H2,1H3. The Morgan fingerprint density at radius 1 is 1.36 bits per heavy atom. The number of esters is 1. The lowest BCUT2D eigenvalue weighted by atomic mass is 10.5. The van der Waals surface area contributed by atoms with Crippen LogP contribution < -0.4 is 5.32 Å². The lowest BCUT2D eigenvalue weighted by Gasteiger charge is -2.05. The minimum atomic E-state index is -0.321. The minimum Gasteiger partial charge on any atom is -0.462 e. The van der Waals surface area contributed by atoms with Gasteiger partial charge >= 0.3 is 5.97 Å². The van der Waals surface area contributed by atoms with Crippen LogP contribution in [0.4, 0.5) is 0 Å². The Morgan fingerprint density at radius 3 is 2.79 bits per heavy atom. The molecule has 0 aliphatic heterocycles. The number of aliphatic hydroxyl groups excluding tert-OH is 1. The van der Waals surface area contributed by atoms with Crippen molar-refractivity contribution in [1.29, 1.82) is 0 Å². The summed E-state index contributed by atoms with van der Waals surface area (Å²) in [5.74, 6) is -0.321. The summed E-state index contributed by atoms with van der Waals surface area (Å²) in [6, 6.07) is 0. The number of carbonyl (C=O) groups is 1. The zero-order chi connectivity index (χ0) is 10.6. The second-order valence-corrected chi connectivity index (χ2v) is 2.73. The van der Waals surface area contributed by atoms with Gasteiger partial charge in [0.05, 0.1) is 19.8 Å². The molecule has 0 bridgehead atoms. The lowest BCUT2D eigenvalue weighted by molar-refractivity contribution is -0.144. The van der Waals surface area contributed by atoms with Gasteiger partial charge in [0, 0.05) is 13.2 Å². The number of ether oxygens (including phenoxy) is 2. The van der Waals surface area contributed by atoms with E-state index in [-0.39, 0.29) is 19.1 Å². The molecule has 0 fully saturated rings. The number of nitrogens with one attached hydrogen (secondary N) is 1. The molecule has 0 aromatic rings. The quantitative estimate of drug-likeness (QED) is 0.394. The van der Waals surface area contributed by atoms with E-state index in [0.29, 0.717) is 26.4 Å². The first kappa shape index (κ1) is 13.4. The van der Waals surface area contributed by atoms with E-state index < -0.39 is 0 Å². The van der Waals surface area contributed by atoms with Crippen molar-refractivity contribution >= 4 is 5.97 Å². The summed E-state index contributed by atoms with van der Waals surface area (Å²) in [6.07, 6.45) is 0.964. The van der Waals surface area contributed by atoms with E-state index in [1.165, 1.54) is 0 Å². The van der Waals surface area contributed by atoms with E-state index in [4.69, 9.17) is 14.6 Å². The van der Waals surface area contributed by atoms with Crippen molar-refractivity contribution in [2.75, 3.05) is 39.5 Å². The highest BCUT2D eigenvalue weighted by molar-refractivity contribution is 5.71. The van der Waals surface area contributed by atoms with Gasteiger partial charge in [0.1, 0.15) is 6.61 Å². The van der Waals surface area contributed by atoms with Crippen molar-refractivity contribution in [3.8, 4) is 0 Å². The molecule has 0 spiro atoms. The van der Waals surface area contributed by atoms with Gasteiger partial charge in [-0.25, -0.2) is 0 Å². The highest BCUT2D eigenvalue weighted by Crippen LogP contribution is 1.82. The van der Waals surface area contributed by atoms with E-state index in [2.05, 4.69) is 5.32 Å². The number of aliphatic hydroxyl groups is 1. The van der Waals surface area contributed by atoms with Crippen LogP contribution in [0.1, 0.15) is 13.3 Å². The average Bonchev–Trinajstić information content (AvgIpc) is 2.18. The maximum absolute atomic E-state index is 10.9. The van der Waals surface area contributed by atoms with Gasteiger partial charge in [0.25, 0.3) is 0 Å². The van der Waals surface area contributed by atoms with Crippen LogP contribution in [0.5, 0.6) is 0 Å². The van der Waals surface area contributed by atoms with Crippen molar-refractivity contribution in [3.63, 3.8) is 0 Å². The second-order valence-electron chi connectivity index (χ2n) is 2.73. The molecule has 0 radical (unpaired) electrons. The molecular weight excluding hydrogens is 186 g/mol. The van der Waals surface area contributed by atoms with Crippen molar-refractivity contribution in [2.45, 2.75) is 13.3 Å². The molecule has 5 nitrogen and oxygen atoms in total. The van der Waals surface area contributed by atoms with Crippen molar-refractivity contribution < 1.29 is 19.4 Å². The van der Waals surface area contributed by atoms with Crippen molar-refractivity contribution in [2.24, 2.45) is 0 Å². The van der Waals surface area contributed by atoms with Crippen molar-refractivity contribution in [3.05, 3.63) is 0 Å². The number of carbonyl (C=O) groups excluding carboxylic acids is 1. The average molecular weight is 205 g/mol. The Labute approximate surface area is 84.4 Å². The molecule has 0 aromatic carbocycles. The smallest absolute Gasteiger partial charge is 0.320 e. The largest absolute Gasteiger partial charge is 0.462 e. The predicted octanol–water partition coefficient (Wildman–Crippen LogP) is -0.462. The Morgan fingerprint density at radius 2 is 2.14 bits per heavy atom. The van der Waals surface area contributed by atoms with Gasteiger partial charge < -0.3 is 19.9 Å². The van der Waals surface area contributed by atoms with E-state index in [9.17, 15) is 4.79 Å². The zero-order valence-electron chi connectivity index (χ0n) is 8.62. The molecule has 0 aliphatic rings. The summed E-state index contributed by atoms with van der Waals surface area (Å²) in [7, 11) is 0. The Balaban J connectivity index is 3.10. The normalized spacial score (nSPS) is 10.1. The van der Waals surface area contributed by atoms with Gasteiger partial charge in [-0.3, -0.25) is 4.79 Å².